The van der Waals surface area contributed by atoms with E-state index in [1.165, 1.54) is 0 Å². The summed E-state index contributed by atoms with van der Waals surface area (Å²) < 4.78 is 11.5. The zero-order valence-electron chi connectivity index (χ0n) is 20.9. The highest BCUT2D eigenvalue weighted by Crippen LogP contribution is 2.41. The van der Waals surface area contributed by atoms with Crippen LogP contribution in [0.15, 0.2) is 48.0 Å². The number of rotatable bonds is 9. The van der Waals surface area contributed by atoms with E-state index in [1.54, 1.807) is 17.0 Å². The minimum Gasteiger partial charge on any atom is -0.507 e. The van der Waals surface area contributed by atoms with Crippen LogP contribution in [0.3, 0.4) is 0 Å². The predicted octanol–water partition coefficient (Wildman–Crippen LogP) is 4.17. The molecule has 0 saturated carbocycles. The molecule has 2 aromatic carbocycles. The van der Waals surface area contributed by atoms with Gasteiger partial charge in [0.2, 0.25) is 0 Å². The zero-order chi connectivity index (χ0) is 25.1. The smallest absolute Gasteiger partial charge is 0.295 e. The second-order valence-corrected chi connectivity index (χ2v) is 9.18. The molecule has 186 valence electrons. The molecule has 2 aliphatic rings. The molecule has 0 aromatic heterocycles. The van der Waals surface area contributed by atoms with Crippen molar-refractivity contribution in [3.05, 3.63) is 64.7 Å². The van der Waals surface area contributed by atoms with Crippen molar-refractivity contribution in [3.63, 3.8) is 0 Å². The number of benzene rings is 2. The number of fused-ring (bicyclic) bond motifs is 1. The zero-order valence-corrected chi connectivity index (χ0v) is 20.9. The number of likely N-dealkylation sites (N-methyl/N-ethyl adjacent to an activating group) is 1. The van der Waals surface area contributed by atoms with E-state index < -0.39 is 17.7 Å². The highest BCUT2D eigenvalue weighted by Gasteiger charge is 2.46. The average molecular weight is 479 g/mol. The summed E-state index contributed by atoms with van der Waals surface area (Å²) in [6.07, 6.45) is 0.722. The highest BCUT2D eigenvalue weighted by atomic mass is 16.5. The number of ether oxygens (including phenoxy) is 2. The molecule has 2 aliphatic heterocycles. The summed E-state index contributed by atoms with van der Waals surface area (Å²) in [5.41, 5.74) is 2.33. The van der Waals surface area contributed by atoms with Gasteiger partial charge in [-0.15, -0.1) is 0 Å². The molecule has 35 heavy (non-hydrogen) atoms. The fourth-order valence-corrected chi connectivity index (χ4v) is 4.77. The summed E-state index contributed by atoms with van der Waals surface area (Å²) in [7, 11) is 0. The van der Waals surface area contributed by atoms with Gasteiger partial charge in [0.15, 0.2) is 0 Å². The number of carbonyl (C=O) groups is 2. The molecule has 2 heterocycles. The van der Waals surface area contributed by atoms with Crippen LogP contribution in [0, 0.1) is 0 Å². The van der Waals surface area contributed by atoms with Crippen LogP contribution in [0.2, 0.25) is 0 Å². The summed E-state index contributed by atoms with van der Waals surface area (Å²) >= 11 is 0. The molecule has 1 amide bonds. The van der Waals surface area contributed by atoms with Crippen molar-refractivity contribution in [1.29, 1.82) is 0 Å². The first-order chi connectivity index (χ1) is 16.8. The fraction of sp³-hybridized carbons (Fsp3) is 0.429. The average Bonchev–Trinajstić information content (AvgIpc) is 3.41. The molecular formula is C28H34N2O5. The molecule has 4 rings (SSSR count). The van der Waals surface area contributed by atoms with Crippen LogP contribution >= 0.6 is 0 Å². The van der Waals surface area contributed by atoms with E-state index in [-0.39, 0.29) is 17.4 Å². The molecule has 7 heteroatoms. The number of hydrogen-bond acceptors (Lipinski definition) is 6. The molecule has 1 atom stereocenters. The fourth-order valence-electron chi connectivity index (χ4n) is 4.77. The number of hydrogen-bond donors (Lipinski definition) is 1. The first kappa shape index (κ1) is 24.8. The minimum atomic E-state index is -0.703. The summed E-state index contributed by atoms with van der Waals surface area (Å²) in [4.78, 5) is 30.3. The third kappa shape index (κ3) is 5.05. The van der Waals surface area contributed by atoms with Gasteiger partial charge < -0.3 is 24.4 Å². The first-order valence-corrected chi connectivity index (χ1v) is 12.4. The summed E-state index contributed by atoms with van der Waals surface area (Å²) in [6.45, 7) is 11.3. The van der Waals surface area contributed by atoms with Gasteiger partial charge in [0.1, 0.15) is 17.3 Å². The lowest BCUT2D eigenvalue weighted by molar-refractivity contribution is -0.140. The number of aliphatic hydroxyl groups excluding tert-OH is 1. The Kier molecular flexibility index (Phi) is 7.45. The van der Waals surface area contributed by atoms with Gasteiger partial charge in [-0.1, -0.05) is 26.0 Å². The van der Waals surface area contributed by atoms with Gasteiger partial charge in [-0.2, -0.15) is 0 Å². The molecule has 1 unspecified atom stereocenters. The lowest BCUT2D eigenvalue weighted by atomic mass is 9.94. The van der Waals surface area contributed by atoms with Crippen LogP contribution in [0.25, 0.3) is 5.76 Å². The Labute approximate surface area is 206 Å². The van der Waals surface area contributed by atoms with Gasteiger partial charge in [-0.3, -0.25) is 9.59 Å². The van der Waals surface area contributed by atoms with E-state index in [1.807, 2.05) is 44.2 Å². The first-order valence-electron chi connectivity index (χ1n) is 12.4. The maximum Gasteiger partial charge on any atom is 0.295 e. The predicted molar refractivity (Wildman–Crippen MR) is 135 cm³/mol. The van der Waals surface area contributed by atoms with Crippen LogP contribution in [-0.2, 0) is 16.0 Å². The van der Waals surface area contributed by atoms with Crippen molar-refractivity contribution < 1.29 is 24.2 Å². The van der Waals surface area contributed by atoms with Gasteiger partial charge in [0.25, 0.3) is 11.7 Å². The van der Waals surface area contributed by atoms with Crippen LogP contribution in [-0.4, -0.2) is 65.5 Å². The van der Waals surface area contributed by atoms with Crippen molar-refractivity contribution in [3.8, 4) is 11.5 Å². The van der Waals surface area contributed by atoms with E-state index in [0.29, 0.717) is 31.0 Å². The number of carbonyl (C=O) groups excluding carboxylic acids is 2. The number of ketones is 1. The van der Waals surface area contributed by atoms with Crippen LogP contribution in [0.4, 0.5) is 0 Å². The van der Waals surface area contributed by atoms with Crippen LogP contribution < -0.4 is 9.47 Å². The standard InChI is InChI=1S/C28H34N2O5/c1-5-29(6-2)13-14-30-25(20-8-7-9-22(17-20)35-18(3)4)24(27(32)28(30)33)26(31)21-10-11-23-19(16-21)12-15-34-23/h7-11,16-18,25,31H,5-6,12-15H2,1-4H3/b26-24-. The summed E-state index contributed by atoms with van der Waals surface area (Å²) in [5.74, 6) is 0.0174. The quantitative estimate of drug-likeness (QED) is 0.331. The van der Waals surface area contributed by atoms with Crippen molar-refractivity contribution in [2.75, 3.05) is 32.8 Å². The van der Waals surface area contributed by atoms with E-state index in [0.717, 1.165) is 36.4 Å². The van der Waals surface area contributed by atoms with Crippen molar-refractivity contribution in [1.82, 2.24) is 9.80 Å². The second-order valence-electron chi connectivity index (χ2n) is 9.18. The largest absolute Gasteiger partial charge is 0.507 e. The Hall–Kier alpha value is -3.32. The molecule has 1 fully saturated rings. The molecule has 0 radical (unpaired) electrons. The van der Waals surface area contributed by atoms with Crippen molar-refractivity contribution in [2.45, 2.75) is 46.3 Å². The maximum absolute atomic E-state index is 13.3. The Morgan fingerprint density at radius 3 is 2.66 bits per heavy atom. The molecule has 0 spiro atoms. The molecule has 7 nitrogen and oxygen atoms in total. The molecule has 2 aromatic rings. The topological polar surface area (TPSA) is 79.3 Å². The Morgan fingerprint density at radius 2 is 1.94 bits per heavy atom. The van der Waals surface area contributed by atoms with E-state index in [9.17, 15) is 14.7 Å². The Balaban J connectivity index is 1.79. The van der Waals surface area contributed by atoms with E-state index >= 15 is 0 Å². The lowest BCUT2D eigenvalue weighted by Crippen LogP contribution is -2.38. The molecular weight excluding hydrogens is 444 g/mol. The Morgan fingerprint density at radius 1 is 1.17 bits per heavy atom. The molecule has 0 bridgehead atoms. The number of amides is 1. The third-order valence-electron chi connectivity index (χ3n) is 6.60. The highest BCUT2D eigenvalue weighted by molar-refractivity contribution is 6.46. The normalized spacial score (nSPS) is 18.9. The lowest BCUT2D eigenvalue weighted by Gasteiger charge is -2.28. The van der Waals surface area contributed by atoms with Gasteiger partial charge in [0.05, 0.1) is 24.3 Å². The number of Topliss-reactive ketones (excluding diaryl/α,β-unsaturated/α-hetero) is 1. The number of likely N-dealkylation sites (tertiary alicyclic amines) is 1. The van der Waals surface area contributed by atoms with Crippen molar-refractivity contribution >= 4 is 17.4 Å². The van der Waals surface area contributed by atoms with Gasteiger partial charge >= 0.3 is 0 Å². The molecule has 0 aliphatic carbocycles. The van der Waals surface area contributed by atoms with Crippen LogP contribution in [0.5, 0.6) is 11.5 Å². The minimum absolute atomic E-state index is 0.0205. The third-order valence-corrected chi connectivity index (χ3v) is 6.60. The second kappa shape index (κ2) is 10.5. The Bertz CT molecular complexity index is 1140. The SMILES string of the molecule is CCN(CC)CCN1C(=O)C(=O)/C(=C(\O)c2ccc3c(c2)CCO3)C1c1cccc(OC(C)C)c1. The van der Waals surface area contributed by atoms with Gasteiger partial charge in [0, 0.05) is 25.1 Å². The van der Waals surface area contributed by atoms with Crippen LogP contribution in [0.1, 0.15) is 50.4 Å². The van der Waals surface area contributed by atoms with Gasteiger partial charge in [-0.25, -0.2) is 0 Å². The summed E-state index contributed by atoms with van der Waals surface area (Å²) in [5, 5.41) is 11.4. The van der Waals surface area contributed by atoms with E-state index in [2.05, 4.69) is 18.7 Å². The van der Waals surface area contributed by atoms with Gasteiger partial charge in [-0.05, 0) is 68.4 Å². The molecule has 1 saturated heterocycles. The van der Waals surface area contributed by atoms with E-state index in [4.69, 9.17) is 9.47 Å². The number of aliphatic hydroxyl groups is 1. The maximum atomic E-state index is 13.3. The monoisotopic (exact) mass is 478 g/mol. The van der Waals surface area contributed by atoms with Crippen molar-refractivity contribution in [2.24, 2.45) is 0 Å². The number of nitrogens with zero attached hydrogens (tertiary/aromatic N) is 2. The molecule has 1 N–H and O–H groups in total. The summed E-state index contributed by atoms with van der Waals surface area (Å²) in [6, 6.07) is 12.1.